The second kappa shape index (κ2) is 8.20. The first kappa shape index (κ1) is 20.2. The highest BCUT2D eigenvalue weighted by atomic mass is 79.9. The molecule has 0 saturated carbocycles. The van der Waals surface area contributed by atoms with Crippen molar-refractivity contribution in [2.24, 2.45) is 0 Å². The molecule has 0 bridgehead atoms. The van der Waals surface area contributed by atoms with Gasteiger partial charge in [0, 0.05) is 28.5 Å². The van der Waals surface area contributed by atoms with Gasteiger partial charge >= 0.3 is 0 Å². The first-order chi connectivity index (χ1) is 13.3. The minimum absolute atomic E-state index is 0.00409. The molecule has 0 fully saturated rings. The summed E-state index contributed by atoms with van der Waals surface area (Å²) in [5.41, 5.74) is 0.721. The van der Waals surface area contributed by atoms with Crippen LogP contribution in [0.15, 0.2) is 45.7 Å². The fourth-order valence-electron chi connectivity index (χ4n) is 2.78. The molecule has 1 heterocycles. The van der Waals surface area contributed by atoms with Crippen molar-refractivity contribution in [3.8, 4) is 16.9 Å². The van der Waals surface area contributed by atoms with Gasteiger partial charge in [0.2, 0.25) is 0 Å². The molecule has 1 aromatic heterocycles. The summed E-state index contributed by atoms with van der Waals surface area (Å²) in [6, 6.07) is 7.11. The summed E-state index contributed by atoms with van der Waals surface area (Å²) < 4.78 is 47.2. The second-order valence-corrected chi connectivity index (χ2v) is 6.89. The molecule has 0 aliphatic carbocycles. The van der Waals surface area contributed by atoms with E-state index < -0.39 is 23.0 Å². The molecule has 0 radical (unpaired) electrons. The van der Waals surface area contributed by atoms with Gasteiger partial charge < -0.3 is 14.8 Å². The molecule has 28 heavy (non-hydrogen) atoms. The lowest BCUT2D eigenvalue weighted by atomic mass is 10.0. The Balaban J connectivity index is 2.11. The van der Waals surface area contributed by atoms with Crippen LogP contribution in [-0.4, -0.2) is 10.1 Å². The van der Waals surface area contributed by atoms with Crippen molar-refractivity contribution in [1.82, 2.24) is 4.98 Å². The van der Waals surface area contributed by atoms with Crippen LogP contribution in [-0.2, 0) is 13.2 Å². The smallest absolute Gasteiger partial charge is 0.266 e. The lowest BCUT2D eigenvalue weighted by Crippen LogP contribution is -2.13. The number of aliphatic hydroxyl groups excluding tert-OH is 1. The van der Waals surface area contributed by atoms with Crippen molar-refractivity contribution < 1.29 is 23.0 Å². The highest BCUT2D eigenvalue weighted by molar-refractivity contribution is 9.10. The Hall–Kier alpha value is -2.58. The Morgan fingerprint density at radius 1 is 1.11 bits per heavy atom. The molecule has 0 spiro atoms. The molecule has 0 aliphatic rings. The zero-order valence-corrected chi connectivity index (χ0v) is 16.2. The maximum atomic E-state index is 14.5. The Morgan fingerprint density at radius 2 is 1.86 bits per heavy atom. The number of rotatable bonds is 5. The SMILES string of the molecule is Cc1[nH]c(=O)c(Br)c(OCc2ccc(F)cc2F)c1-c1cc(CO)ccc1F. The highest BCUT2D eigenvalue weighted by Gasteiger charge is 2.21. The topological polar surface area (TPSA) is 62.3 Å². The van der Waals surface area contributed by atoms with Gasteiger partial charge in [-0.2, -0.15) is 0 Å². The first-order valence-corrected chi connectivity index (χ1v) is 9.00. The lowest BCUT2D eigenvalue weighted by Gasteiger charge is -2.17. The van der Waals surface area contributed by atoms with Gasteiger partial charge in [-0.25, -0.2) is 13.2 Å². The molecule has 0 saturated heterocycles. The summed E-state index contributed by atoms with van der Waals surface area (Å²) >= 11 is 3.13. The summed E-state index contributed by atoms with van der Waals surface area (Å²) in [6.07, 6.45) is 0. The quantitative estimate of drug-likeness (QED) is 0.593. The van der Waals surface area contributed by atoms with E-state index in [9.17, 15) is 23.1 Å². The Kier molecular flexibility index (Phi) is 5.90. The average Bonchev–Trinajstić information content (AvgIpc) is 2.65. The maximum Gasteiger partial charge on any atom is 0.266 e. The zero-order chi connectivity index (χ0) is 20.4. The van der Waals surface area contributed by atoms with Gasteiger partial charge in [-0.05, 0) is 52.7 Å². The Labute approximate surface area is 166 Å². The van der Waals surface area contributed by atoms with E-state index in [1.165, 1.54) is 24.3 Å². The van der Waals surface area contributed by atoms with Crippen LogP contribution in [0, 0.1) is 24.4 Å². The summed E-state index contributed by atoms with van der Waals surface area (Å²) in [5.74, 6) is -2.10. The van der Waals surface area contributed by atoms with Crippen molar-refractivity contribution in [1.29, 1.82) is 0 Å². The molecular formula is C20H15BrF3NO3. The van der Waals surface area contributed by atoms with Crippen LogP contribution >= 0.6 is 15.9 Å². The number of aliphatic hydroxyl groups is 1. The van der Waals surface area contributed by atoms with Crippen molar-refractivity contribution in [2.45, 2.75) is 20.1 Å². The number of H-pyrrole nitrogens is 1. The van der Waals surface area contributed by atoms with E-state index in [1.54, 1.807) is 6.92 Å². The van der Waals surface area contributed by atoms with E-state index in [-0.39, 0.29) is 40.1 Å². The molecule has 0 unspecified atom stereocenters. The van der Waals surface area contributed by atoms with Crippen molar-refractivity contribution in [3.63, 3.8) is 0 Å². The van der Waals surface area contributed by atoms with Crippen molar-refractivity contribution in [2.75, 3.05) is 0 Å². The summed E-state index contributed by atoms with van der Waals surface area (Å²) in [5, 5.41) is 9.35. The average molecular weight is 454 g/mol. The number of hydrogen-bond donors (Lipinski definition) is 2. The van der Waals surface area contributed by atoms with Crippen LogP contribution < -0.4 is 10.3 Å². The van der Waals surface area contributed by atoms with Crippen LogP contribution in [0.5, 0.6) is 5.75 Å². The van der Waals surface area contributed by atoms with Crippen molar-refractivity contribution in [3.05, 3.63) is 85.5 Å². The minimum Gasteiger partial charge on any atom is -0.487 e. The molecule has 3 aromatic rings. The molecule has 4 nitrogen and oxygen atoms in total. The van der Waals surface area contributed by atoms with E-state index in [0.717, 1.165) is 12.1 Å². The molecule has 2 N–H and O–H groups in total. The van der Waals surface area contributed by atoms with E-state index in [0.29, 0.717) is 11.3 Å². The molecule has 3 rings (SSSR count). The normalized spacial score (nSPS) is 10.9. The summed E-state index contributed by atoms with van der Waals surface area (Å²) in [4.78, 5) is 14.7. The molecule has 0 amide bonds. The number of benzene rings is 2. The Bertz CT molecular complexity index is 1100. The van der Waals surface area contributed by atoms with Gasteiger partial charge in [0.05, 0.1) is 6.61 Å². The van der Waals surface area contributed by atoms with Gasteiger partial charge in [0.25, 0.3) is 5.56 Å². The fourth-order valence-corrected chi connectivity index (χ4v) is 3.19. The monoisotopic (exact) mass is 453 g/mol. The number of nitrogens with one attached hydrogen (secondary N) is 1. The lowest BCUT2D eigenvalue weighted by molar-refractivity contribution is 0.281. The maximum absolute atomic E-state index is 14.5. The van der Waals surface area contributed by atoms with Gasteiger partial charge in [-0.15, -0.1) is 0 Å². The molecule has 146 valence electrons. The van der Waals surface area contributed by atoms with Crippen LogP contribution in [0.4, 0.5) is 13.2 Å². The number of hydrogen-bond acceptors (Lipinski definition) is 3. The molecule has 0 aliphatic heterocycles. The van der Waals surface area contributed by atoms with Gasteiger partial charge in [-0.1, -0.05) is 6.07 Å². The highest BCUT2D eigenvalue weighted by Crippen LogP contribution is 2.38. The van der Waals surface area contributed by atoms with Crippen LogP contribution in [0.3, 0.4) is 0 Å². The predicted molar refractivity (Wildman–Crippen MR) is 102 cm³/mol. The second-order valence-electron chi connectivity index (χ2n) is 6.09. The van der Waals surface area contributed by atoms with Gasteiger partial charge in [0.15, 0.2) is 0 Å². The van der Waals surface area contributed by atoms with Gasteiger partial charge in [0.1, 0.15) is 34.3 Å². The molecule has 8 heteroatoms. The fraction of sp³-hybridized carbons (Fsp3) is 0.150. The number of pyridine rings is 1. The van der Waals surface area contributed by atoms with E-state index in [4.69, 9.17) is 4.74 Å². The van der Waals surface area contributed by atoms with E-state index >= 15 is 0 Å². The number of aromatic amines is 1. The molecular weight excluding hydrogens is 439 g/mol. The van der Waals surface area contributed by atoms with E-state index in [1.807, 2.05) is 0 Å². The third kappa shape index (κ3) is 3.98. The van der Waals surface area contributed by atoms with Crippen molar-refractivity contribution >= 4 is 15.9 Å². The number of ether oxygens (including phenoxy) is 1. The number of aromatic nitrogens is 1. The predicted octanol–water partition coefficient (Wildman–Crippen LogP) is 4.60. The zero-order valence-electron chi connectivity index (χ0n) is 14.7. The van der Waals surface area contributed by atoms with Crippen LogP contribution in [0.1, 0.15) is 16.8 Å². The Morgan fingerprint density at radius 3 is 2.54 bits per heavy atom. The molecule has 0 atom stereocenters. The first-order valence-electron chi connectivity index (χ1n) is 8.20. The summed E-state index contributed by atoms with van der Waals surface area (Å²) in [6.45, 7) is 0.968. The third-order valence-corrected chi connectivity index (χ3v) is 4.89. The van der Waals surface area contributed by atoms with E-state index in [2.05, 4.69) is 20.9 Å². The van der Waals surface area contributed by atoms with Crippen LogP contribution in [0.2, 0.25) is 0 Å². The molecule has 2 aromatic carbocycles. The minimum atomic E-state index is -0.798. The standard InChI is InChI=1S/C20H15BrF3NO3/c1-10-17(14-6-11(8-26)2-5-15(14)23)19(18(21)20(27)25-10)28-9-12-3-4-13(22)7-16(12)24/h2-7,26H,8-9H2,1H3,(H,25,27). The summed E-state index contributed by atoms with van der Waals surface area (Å²) in [7, 11) is 0. The van der Waals surface area contributed by atoms with Gasteiger partial charge in [-0.3, -0.25) is 4.79 Å². The third-order valence-electron chi connectivity index (χ3n) is 4.17. The largest absolute Gasteiger partial charge is 0.487 e. The number of halogens is 4. The van der Waals surface area contributed by atoms with Crippen LogP contribution in [0.25, 0.3) is 11.1 Å². The number of aryl methyl sites for hydroxylation is 1.